The fraction of sp³-hybridized carbons (Fsp3) is 0.360. The third-order valence-corrected chi connectivity index (χ3v) is 8.49. The van der Waals surface area contributed by atoms with Crippen LogP contribution in [0.25, 0.3) is 10.9 Å². The van der Waals surface area contributed by atoms with Crippen LogP contribution in [0.2, 0.25) is 0 Å². The zero-order valence-electron chi connectivity index (χ0n) is 18.4. The summed E-state index contributed by atoms with van der Waals surface area (Å²) in [5.41, 5.74) is 4.16. The summed E-state index contributed by atoms with van der Waals surface area (Å²) in [6, 6.07) is 15.2. The number of pyridine rings is 1. The van der Waals surface area contributed by atoms with E-state index in [9.17, 15) is 13.2 Å². The van der Waals surface area contributed by atoms with Crippen LogP contribution in [-0.2, 0) is 10.0 Å². The lowest BCUT2D eigenvalue weighted by atomic mass is 10.0. The summed E-state index contributed by atoms with van der Waals surface area (Å²) in [5.74, 6) is 0.403. The fourth-order valence-corrected chi connectivity index (χ4v) is 6.12. The van der Waals surface area contributed by atoms with Crippen molar-refractivity contribution in [3.63, 3.8) is 0 Å². The highest BCUT2D eigenvalue weighted by Crippen LogP contribution is 2.40. The topological polar surface area (TPSA) is 70.6 Å². The second-order valence-corrected chi connectivity index (χ2v) is 10.8. The number of para-hydroxylation sites is 1. The SMILES string of the molecule is Cc1ccc(C)c(S(=O)(=O)N2CCN(C(=O)c3cc(C4CC4)nc4ccccc34)CC2)c1. The van der Waals surface area contributed by atoms with E-state index in [1.54, 1.807) is 11.0 Å². The molecule has 0 spiro atoms. The van der Waals surface area contributed by atoms with E-state index >= 15 is 0 Å². The largest absolute Gasteiger partial charge is 0.336 e. The lowest BCUT2D eigenvalue weighted by Gasteiger charge is -2.34. The number of hydrogen-bond acceptors (Lipinski definition) is 4. The summed E-state index contributed by atoms with van der Waals surface area (Å²) in [6.07, 6.45) is 2.24. The van der Waals surface area contributed by atoms with E-state index in [1.807, 2.05) is 56.3 Å². The third-order valence-electron chi connectivity index (χ3n) is 6.45. The maximum absolute atomic E-state index is 13.5. The molecule has 2 heterocycles. The zero-order chi connectivity index (χ0) is 22.5. The van der Waals surface area contributed by atoms with E-state index in [0.717, 1.165) is 40.6 Å². The van der Waals surface area contributed by atoms with Gasteiger partial charge in [-0.05, 0) is 56.0 Å². The predicted molar refractivity (Wildman–Crippen MR) is 124 cm³/mol. The summed E-state index contributed by atoms with van der Waals surface area (Å²) < 4.78 is 27.9. The van der Waals surface area contributed by atoms with Gasteiger partial charge in [0, 0.05) is 43.2 Å². The molecule has 0 atom stereocenters. The highest BCUT2D eigenvalue weighted by atomic mass is 32.2. The maximum Gasteiger partial charge on any atom is 0.254 e. The molecule has 7 heteroatoms. The Balaban J connectivity index is 1.38. The molecule has 166 valence electrons. The first-order valence-electron chi connectivity index (χ1n) is 11.1. The van der Waals surface area contributed by atoms with E-state index in [-0.39, 0.29) is 5.91 Å². The van der Waals surface area contributed by atoms with Crippen molar-refractivity contribution >= 4 is 26.8 Å². The van der Waals surface area contributed by atoms with E-state index in [1.165, 1.54) is 4.31 Å². The molecule has 2 aromatic carbocycles. The molecule has 2 aliphatic rings. The fourth-order valence-electron chi connectivity index (χ4n) is 4.39. The number of carbonyl (C=O) groups is 1. The molecular weight excluding hydrogens is 422 g/mol. The quantitative estimate of drug-likeness (QED) is 0.606. The predicted octanol–water partition coefficient (Wildman–Crippen LogP) is 3.88. The van der Waals surface area contributed by atoms with E-state index in [2.05, 4.69) is 0 Å². The Labute approximate surface area is 188 Å². The molecule has 32 heavy (non-hydrogen) atoms. The van der Waals surface area contributed by atoms with Gasteiger partial charge in [-0.3, -0.25) is 9.78 Å². The van der Waals surface area contributed by atoms with Crippen LogP contribution >= 0.6 is 0 Å². The van der Waals surface area contributed by atoms with Gasteiger partial charge in [0.05, 0.1) is 16.0 Å². The van der Waals surface area contributed by atoms with Gasteiger partial charge >= 0.3 is 0 Å². The number of hydrogen-bond donors (Lipinski definition) is 0. The summed E-state index contributed by atoms with van der Waals surface area (Å²) >= 11 is 0. The van der Waals surface area contributed by atoms with Crippen molar-refractivity contribution in [2.75, 3.05) is 26.2 Å². The van der Waals surface area contributed by atoms with Crippen molar-refractivity contribution in [2.24, 2.45) is 0 Å². The molecule has 0 radical (unpaired) electrons. The van der Waals surface area contributed by atoms with Crippen LogP contribution in [-0.4, -0.2) is 54.7 Å². The third kappa shape index (κ3) is 3.80. The van der Waals surface area contributed by atoms with Crippen molar-refractivity contribution < 1.29 is 13.2 Å². The summed E-state index contributed by atoms with van der Waals surface area (Å²) in [4.78, 5) is 20.3. The number of rotatable bonds is 4. The smallest absolute Gasteiger partial charge is 0.254 e. The molecule has 6 nitrogen and oxygen atoms in total. The van der Waals surface area contributed by atoms with Crippen LogP contribution in [0.3, 0.4) is 0 Å². The van der Waals surface area contributed by atoms with E-state index < -0.39 is 10.0 Å². The Morgan fingerprint density at radius 1 is 0.969 bits per heavy atom. The van der Waals surface area contributed by atoms with Crippen molar-refractivity contribution in [3.8, 4) is 0 Å². The molecule has 1 aromatic heterocycles. The number of piperazine rings is 1. The molecule has 2 fully saturated rings. The number of benzene rings is 2. The second kappa shape index (κ2) is 7.98. The monoisotopic (exact) mass is 449 g/mol. The molecule has 1 aliphatic heterocycles. The first kappa shape index (κ1) is 21.1. The molecular formula is C25H27N3O3S. The number of nitrogens with zero attached hydrogens (tertiary/aromatic N) is 3. The van der Waals surface area contributed by atoms with Crippen molar-refractivity contribution in [3.05, 3.63) is 70.9 Å². The van der Waals surface area contributed by atoms with E-state index in [4.69, 9.17) is 4.98 Å². The van der Waals surface area contributed by atoms with E-state index in [0.29, 0.717) is 42.6 Å². The highest BCUT2D eigenvalue weighted by Gasteiger charge is 2.33. The van der Waals surface area contributed by atoms with Gasteiger partial charge in [-0.25, -0.2) is 8.42 Å². The standard InChI is InChI=1S/C25H27N3O3S/c1-17-7-8-18(2)24(15-17)32(30,31)28-13-11-27(12-14-28)25(29)21-16-23(19-9-10-19)26-22-6-4-3-5-20(21)22/h3-8,15-16,19H,9-14H2,1-2H3. The number of aromatic nitrogens is 1. The molecule has 0 N–H and O–H groups in total. The van der Waals surface area contributed by atoms with Crippen molar-refractivity contribution in [1.82, 2.24) is 14.2 Å². The molecule has 1 amide bonds. The first-order valence-corrected chi connectivity index (χ1v) is 12.5. The average molecular weight is 450 g/mol. The van der Waals surface area contributed by atoms with Gasteiger partial charge < -0.3 is 4.90 Å². The Morgan fingerprint density at radius 2 is 1.69 bits per heavy atom. The molecule has 0 bridgehead atoms. The van der Waals surface area contributed by atoms with Crippen LogP contribution < -0.4 is 0 Å². The van der Waals surface area contributed by atoms with Crippen LogP contribution in [0, 0.1) is 13.8 Å². The van der Waals surface area contributed by atoms with Gasteiger partial charge in [0.1, 0.15) is 0 Å². The molecule has 1 saturated carbocycles. The van der Waals surface area contributed by atoms with Gasteiger partial charge in [0.2, 0.25) is 10.0 Å². The Kier molecular flexibility index (Phi) is 5.26. The van der Waals surface area contributed by atoms with Gasteiger partial charge in [-0.1, -0.05) is 30.3 Å². The number of fused-ring (bicyclic) bond motifs is 1. The van der Waals surface area contributed by atoms with Crippen molar-refractivity contribution in [2.45, 2.75) is 37.5 Å². The first-order chi connectivity index (χ1) is 15.3. The van der Waals surface area contributed by atoms with Gasteiger partial charge in [-0.15, -0.1) is 0 Å². The van der Waals surface area contributed by atoms with Gasteiger partial charge in [0.15, 0.2) is 0 Å². The lowest BCUT2D eigenvalue weighted by Crippen LogP contribution is -2.50. The van der Waals surface area contributed by atoms with Crippen LogP contribution in [0.15, 0.2) is 53.4 Å². The number of carbonyl (C=O) groups excluding carboxylic acids is 1. The number of sulfonamides is 1. The Hall–Kier alpha value is -2.77. The highest BCUT2D eigenvalue weighted by molar-refractivity contribution is 7.89. The summed E-state index contributed by atoms with van der Waals surface area (Å²) in [7, 11) is -3.59. The molecule has 3 aromatic rings. The Bertz CT molecular complexity index is 1310. The lowest BCUT2D eigenvalue weighted by molar-refractivity contribution is 0.0699. The number of amides is 1. The minimum atomic E-state index is -3.59. The van der Waals surface area contributed by atoms with Crippen LogP contribution in [0.5, 0.6) is 0 Å². The van der Waals surface area contributed by atoms with Crippen molar-refractivity contribution in [1.29, 1.82) is 0 Å². The van der Waals surface area contributed by atoms with Crippen LogP contribution in [0.1, 0.15) is 45.9 Å². The summed E-state index contributed by atoms with van der Waals surface area (Å²) in [5, 5.41) is 0.854. The molecule has 1 aliphatic carbocycles. The van der Waals surface area contributed by atoms with Gasteiger partial charge in [-0.2, -0.15) is 4.31 Å². The minimum Gasteiger partial charge on any atom is -0.336 e. The number of aryl methyl sites for hydroxylation is 2. The normalized spacial score (nSPS) is 17.6. The zero-order valence-corrected chi connectivity index (χ0v) is 19.2. The minimum absolute atomic E-state index is 0.0470. The Morgan fingerprint density at radius 3 is 2.41 bits per heavy atom. The summed E-state index contributed by atoms with van der Waals surface area (Å²) in [6.45, 7) is 5.04. The van der Waals surface area contributed by atoms with Gasteiger partial charge in [0.25, 0.3) is 5.91 Å². The second-order valence-electron chi connectivity index (χ2n) is 8.85. The molecule has 0 unspecified atom stereocenters. The average Bonchev–Trinajstić information content (AvgIpc) is 3.65. The van der Waals surface area contributed by atoms with Crippen LogP contribution in [0.4, 0.5) is 0 Å². The molecule has 5 rings (SSSR count). The molecule has 1 saturated heterocycles. The maximum atomic E-state index is 13.5.